The molecule has 0 fully saturated rings. The van der Waals surface area contributed by atoms with Crippen LogP contribution in [0.4, 0.5) is 11.5 Å². The summed E-state index contributed by atoms with van der Waals surface area (Å²) in [5, 5.41) is 3.26. The highest BCUT2D eigenvalue weighted by Gasteiger charge is 2.12. The zero-order valence-corrected chi connectivity index (χ0v) is 13.4. The molecule has 1 N–H and O–H groups in total. The molecule has 122 valence electrons. The molecule has 0 saturated heterocycles. The van der Waals surface area contributed by atoms with E-state index in [9.17, 15) is 0 Å². The van der Waals surface area contributed by atoms with Gasteiger partial charge in [0.05, 0.1) is 7.11 Å². The van der Waals surface area contributed by atoms with Gasteiger partial charge in [0.25, 0.3) is 0 Å². The molecule has 0 spiro atoms. The third kappa shape index (κ3) is 3.07. The normalized spacial score (nSPS) is 10.6. The van der Waals surface area contributed by atoms with Crippen molar-refractivity contribution in [3.8, 4) is 17.1 Å². The molecule has 0 bridgehead atoms. The van der Waals surface area contributed by atoms with Crippen molar-refractivity contribution in [2.75, 3.05) is 12.4 Å². The summed E-state index contributed by atoms with van der Waals surface area (Å²) in [5.74, 6) is 1.87. The van der Waals surface area contributed by atoms with Crippen LogP contribution in [0.15, 0.2) is 61.2 Å². The van der Waals surface area contributed by atoms with Crippen molar-refractivity contribution in [1.29, 1.82) is 0 Å². The first-order chi connectivity index (χ1) is 12.3. The van der Waals surface area contributed by atoms with Crippen molar-refractivity contribution in [2.24, 2.45) is 0 Å². The largest absolute Gasteiger partial charge is 0.497 e. The number of hydrogen-bond acceptors (Lipinski definition) is 7. The Hall–Kier alpha value is -3.61. The van der Waals surface area contributed by atoms with Crippen LogP contribution >= 0.6 is 0 Å². The van der Waals surface area contributed by atoms with Crippen molar-refractivity contribution in [2.45, 2.75) is 0 Å². The number of methoxy groups -OCH3 is 1. The van der Waals surface area contributed by atoms with E-state index in [0.717, 1.165) is 17.0 Å². The minimum Gasteiger partial charge on any atom is -0.497 e. The summed E-state index contributed by atoms with van der Waals surface area (Å²) in [5.41, 5.74) is 2.82. The van der Waals surface area contributed by atoms with Gasteiger partial charge in [-0.1, -0.05) is 12.1 Å². The average Bonchev–Trinajstić information content (AvgIpc) is 2.69. The van der Waals surface area contributed by atoms with E-state index in [-0.39, 0.29) is 0 Å². The second-order valence-electron chi connectivity index (χ2n) is 5.22. The molecule has 7 heteroatoms. The Labute approximate surface area is 143 Å². The predicted octanol–water partition coefficient (Wildman–Crippen LogP) is 3.23. The number of fused-ring (bicyclic) bond motifs is 1. The standard InChI is InChI=1S/C18H14N6O/c1-25-14-4-2-3-12(11-14)16-23-17-15(20-9-10-21-17)18(24-16)22-13-5-7-19-8-6-13/h2-11H,1H3,(H,19,21,22,23,24). The molecule has 0 atom stereocenters. The molecular weight excluding hydrogens is 316 g/mol. The van der Waals surface area contributed by atoms with Gasteiger partial charge in [-0.05, 0) is 24.3 Å². The molecule has 0 amide bonds. The smallest absolute Gasteiger partial charge is 0.184 e. The first kappa shape index (κ1) is 14.9. The van der Waals surface area contributed by atoms with E-state index >= 15 is 0 Å². The lowest BCUT2D eigenvalue weighted by Crippen LogP contribution is -2.01. The molecule has 3 heterocycles. The third-order valence-electron chi connectivity index (χ3n) is 3.60. The number of benzene rings is 1. The van der Waals surface area contributed by atoms with Crippen molar-refractivity contribution in [3.05, 3.63) is 61.2 Å². The van der Waals surface area contributed by atoms with Crippen molar-refractivity contribution >= 4 is 22.7 Å². The number of hydrogen-bond donors (Lipinski definition) is 1. The van der Waals surface area contributed by atoms with Crippen molar-refractivity contribution in [3.63, 3.8) is 0 Å². The molecule has 25 heavy (non-hydrogen) atoms. The van der Waals surface area contributed by atoms with E-state index in [4.69, 9.17) is 4.74 Å². The minimum absolute atomic E-state index is 0.520. The van der Waals surface area contributed by atoms with Gasteiger partial charge in [0.15, 0.2) is 22.8 Å². The van der Waals surface area contributed by atoms with E-state index in [0.29, 0.717) is 22.8 Å². The van der Waals surface area contributed by atoms with E-state index in [1.807, 2.05) is 36.4 Å². The van der Waals surface area contributed by atoms with Gasteiger partial charge < -0.3 is 10.1 Å². The fourth-order valence-electron chi connectivity index (χ4n) is 2.41. The monoisotopic (exact) mass is 330 g/mol. The van der Waals surface area contributed by atoms with Crippen LogP contribution in [0.3, 0.4) is 0 Å². The van der Waals surface area contributed by atoms with Crippen LogP contribution in [-0.4, -0.2) is 32.0 Å². The third-order valence-corrected chi connectivity index (χ3v) is 3.60. The lowest BCUT2D eigenvalue weighted by atomic mass is 10.2. The Morgan fingerprint density at radius 2 is 1.76 bits per heavy atom. The number of pyridine rings is 1. The molecule has 0 unspecified atom stereocenters. The number of anilines is 2. The van der Waals surface area contributed by atoms with Gasteiger partial charge in [-0.25, -0.2) is 19.9 Å². The molecule has 4 rings (SSSR count). The quantitative estimate of drug-likeness (QED) is 0.615. The molecule has 0 radical (unpaired) electrons. The lowest BCUT2D eigenvalue weighted by molar-refractivity contribution is 0.415. The molecule has 0 aliphatic heterocycles. The van der Waals surface area contributed by atoms with Crippen molar-refractivity contribution in [1.82, 2.24) is 24.9 Å². The Balaban J connectivity index is 1.86. The van der Waals surface area contributed by atoms with Crippen LogP contribution in [0, 0.1) is 0 Å². The van der Waals surface area contributed by atoms with Crippen LogP contribution in [-0.2, 0) is 0 Å². The van der Waals surface area contributed by atoms with Crippen molar-refractivity contribution < 1.29 is 4.74 Å². The molecule has 3 aromatic heterocycles. The van der Waals surface area contributed by atoms with Gasteiger partial charge in [-0.3, -0.25) is 4.98 Å². The van der Waals surface area contributed by atoms with E-state index in [2.05, 4.69) is 30.2 Å². The van der Waals surface area contributed by atoms with Crippen LogP contribution in [0.2, 0.25) is 0 Å². The van der Waals surface area contributed by atoms with E-state index < -0.39 is 0 Å². The summed E-state index contributed by atoms with van der Waals surface area (Å²) in [6.07, 6.45) is 6.65. The van der Waals surface area contributed by atoms with Crippen LogP contribution in [0.5, 0.6) is 5.75 Å². The highest BCUT2D eigenvalue weighted by Crippen LogP contribution is 2.26. The summed E-state index contributed by atoms with van der Waals surface area (Å²) in [6.45, 7) is 0. The zero-order chi connectivity index (χ0) is 17.1. The molecule has 0 aliphatic carbocycles. The van der Waals surface area contributed by atoms with Crippen LogP contribution in [0.25, 0.3) is 22.6 Å². The molecular formula is C18H14N6O. The fourth-order valence-corrected chi connectivity index (χ4v) is 2.41. The molecule has 0 aliphatic rings. The van der Waals surface area contributed by atoms with Gasteiger partial charge in [-0.2, -0.15) is 0 Å². The summed E-state index contributed by atoms with van der Waals surface area (Å²) in [6, 6.07) is 11.3. The maximum Gasteiger partial charge on any atom is 0.184 e. The predicted molar refractivity (Wildman–Crippen MR) is 94.6 cm³/mol. The Morgan fingerprint density at radius 1 is 0.920 bits per heavy atom. The SMILES string of the molecule is COc1cccc(-c2nc(Nc3ccncc3)c3nccnc3n2)c1. The lowest BCUT2D eigenvalue weighted by Gasteiger charge is -2.10. The average molecular weight is 330 g/mol. The topological polar surface area (TPSA) is 85.7 Å². The Kier molecular flexibility index (Phi) is 3.88. The van der Waals surface area contributed by atoms with Gasteiger partial charge in [0, 0.05) is 36.0 Å². The highest BCUT2D eigenvalue weighted by atomic mass is 16.5. The van der Waals surface area contributed by atoms with Gasteiger partial charge >= 0.3 is 0 Å². The minimum atomic E-state index is 0.520. The summed E-state index contributed by atoms with van der Waals surface area (Å²) in [4.78, 5) is 21.9. The van der Waals surface area contributed by atoms with Crippen LogP contribution < -0.4 is 10.1 Å². The molecule has 1 aromatic carbocycles. The molecule has 7 nitrogen and oxygen atoms in total. The van der Waals surface area contributed by atoms with Gasteiger partial charge in [0.1, 0.15) is 5.75 Å². The highest BCUT2D eigenvalue weighted by molar-refractivity contribution is 5.86. The number of nitrogens with zero attached hydrogens (tertiary/aromatic N) is 5. The van der Waals surface area contributed by atoms with E-state index in [1.54, 1.807) is 31.9 Å². The second-order valence-corrected chi connectivity index (χ2v) is 5.22. The van der Waals surface area contributed by atoms with Gasteiger partial charge in [-0.15, -0.1) is 0 Å². The first-order valence-corrected chi connectivity index (χ1v) is 7.64. The number of nitrogens with one attached hydrogen (secondary N) is 1. The summed E-state index contributed by atoms with van der Waals surface area (Å²) >= 11 is 0. The molecule has 4 aromatic rings. The number of ether oxygens (including phenoxy) is 1. The maximum absolute atomic E-state index is 5.28. The number of aromatic nitrogens is 5. The zero-order valence-electron chi connectivity index (χ0n) is 13.4. The first-order valence-electron chi connectivity index (χ1n) is 7.64. The Morgan fingerprint density at radius 3 is 2.60 bits per heavy atom. The summed E-state index contributed by atoms with van der Waals surface area (Å²) < 4.78 is 5.28. The van der Waals surface area contributed by atoms with Crippen LogP contribution in [0.1, 0.15) is 0 Å². The number of rotatable bonds is 4. The maximum atomic E-state index is 5.28. The fraction of sp³-hybridized carbons (Fsp3) is 0.0556. The van der Waals surface area contributed by atoms with Gasteiger partial charge in [0.2, 0.25) is 0 Å². The summed E-state index contributed by atoms with van der Waals surface area (Å²) in [7, 11) is 1.63. The molecule has 0 saturated carbocycles. The Bertz CT molecular complexity index is 1020. The van der Waals surface area contributed by atoms with E-state index in [1.165, 1.54) is 0 Å². The second kappa shape index (κ2) is 6.48.